The number of aliphatic hydroxyl groups is 2. The summed E-state index contributed by atoms with van der Waals surface area (Å²) in [6, 6.07) is 0. The van der Waals surface area contributed by atoms with Gasteiger partial charge in [-0.1, -0.05) is 29.8 Å². The normalized spacial score (nSPS) is 60.3. The molecule has 49 heavy (non-hydrogen) atoms. The van der Waals surface area contributed by atoms with E-state index >= 15 is 0 Å². The van der Waals surface area contributed by atoms with Gasteiger partial charge in [-0.15, -0.1) is 0 Å². The molecule has 0 aromatic heterocycles. The fraction of sp³-hybridized carbons (Fsp3) is 0.955. The first kappa shape index (κ1) is 34.5. The van der Waals surface area contributed by atoms with Crippen LogP contribution in [0.15, 0.2) is 0 Å². The molecule has 0 amide bonds. The average molecular weight is 740 g/mol. The molecule has 0 heterocycles. The highest BCUT2D eigenvalue weighted by atomic mass is 79.9. The van der Waals surface area contributed by atoms with Crippen LogP contribution in [0, 0.1) is 92.7 Å². The van der Waals surface area contributed by atoms with E-state index in [1.54, 1.807) is 0 Å². The Morgan fingerprint density at radius 2 is 1.00 bits per heavy atom. The number of hydrogen-bond donors (Lipinski definition) is 2. The Hall–Kier alpha value is -0.260. The number of hydrogen-bond acceptors (Lipinski definition) is 4. The fourth-order valence-electron chi connectivity index (χ4n) is 17.6. The van der Waals surface area contributed by atoms with Crippen molar-refractivity contribution < 1.29 is 19.8 Å². The number of carbonyl (C=O) groups excluding carboxylic acids is 2. The number of carbonyl (C=O) groups is 2. The standard InChI is InChI=1S/C22H33BrO2.C22H34O2/c1-20(25)7-5-15-13(10-20)3-4-17-16(15)6-8-21(2)18(17)9-14-11-22(14,21)19(24)12-23;1-13(23)22-12-15(22)10-19-18-5-4-14-11-20(2,24)8-6-16(14)17(18)7-9-21(19,22)3/h13-18,25H,3-12H2,1-2H3;14-19,24H,4-12H2,1-3H3/t13-,14+,15+,16-,17-,18+,20-,21+,22-;14-,15+,16+,17-,18-,19+,20-,21+,22+/m11/s1. The third kappa shape index (κ3) is 4.70. The summed E-state index contributed by atoms with van der Waals surface area (Å²) in [7, 11) is 0. The van der Waals surface area contributed by atoms with Crippen molar-refractivity contribution in [1.82, 2.24) is 0 Å². The molecule has 0 saturated heterocycles. The number of alkyl halides is 1. The van der Waals surface area contributed by atoms with Crippen LogP contribution in [-0.4, -0.2) is 38.3 Å². The second-order valence-corrected chi connectivity index (χ2v) is 22.2. The molecule has 0 bridgehead atoms. The van der Waals surface area contributed by atoms with Crippen LogP contribution in [0.25, 0.3) is 0 Å². The smallest absolute Gasteiger partial charge is 0.150 e. The minimum atomic E-state index is -0.418. The van der Waals surface area contributed by atoms with Gasteiger partial charge in [0.25, 0.3) is 0 Å². The van der Waals surface area contributed by atoms with Crippen molar-refractivity contribution >= 4 is 27.5 Å². The SMILES string of the molecule is CC(=O)[C@@]12C[C@@H]1C[C@H]1[C@@H]3CC[C@@H]4C[C@](C)(O)CC[C@@H]4[C@H]3CC[C@@]12C.C[C@@]1(O)CC[C@H]2[C@H](CC[C@@H]3[C@@H]2CC[C@@]2(C)[C@H]3C[C@H]3C[C@]32C(=O)CBr)C1. The van der Waals surface area contributed by atoms with E-state index in [0.717, 1.165) is 84.9 Å². The van der Waals surface area contributed by atoms with Crippen LogP contribution in [0.4, 0.5) is 0 Å². The zero-order valence-corrected chi connectivity index (χ0v) is 33.0. The van der Waals surface area contributed by atoms with Gasteiger partial charge in [0, 0.05) is 10.8 Å². The van der Waals surface area contributed by atoms with Gasteiger partial charge in [-0.3, -0.25) is 9.59 Å². The van der Waals surface area contributed by atoms with Crippen LogP contribution in [0.3, 0.4) is 0 Å². The first-order chi connectivity index (χ1) is 23.1. The van der Waals surface area contributed by atoms with E-state index in [1.165, 1.54) is 89.9 Å². The Morgan fingerprint density at radius 3 is 1.47 bits per heavy atom. The van der Waals surface area contributed by atoms with Gasteiger partial charge in [0.2, 0.25) is 0 Å². The first-order valence-corrected chi connectivity index (χ1v) is 22.3. The molecule has 10 saturated carbocycles. The zero-order chi connectivity index (χ0) is 34.5. The van der Waals surface area contributed by atoms with Gasteiger partial charge in [0.15, 0.2) is 0 Å². The molecule has 10 fully saturated rings. The molecule has 18 atom stereocenters. The van der Waals surface area contributed by atoms with Crippen LogP contribution < -0.4 is 0 Å². The Labute approximate surface area is 305 Å². The molecule has 0 aromatic carbocycles. The third-order valence-corrected chi connectivity index (χ3v) is 20.3. The lowest BCUT2D eigenvalue weighted by Gasteiger charge is -2.57. The third-order valence-electron chi connectivity index (χ3n) is 19.8. The fourth-order valence-corrected chi connectivity index (χ4v) is 18.1. The largest absolute Gasteiger partial charge is 0.390 e. The quantitative estimate of drug-likeness (QED) is 0.283. The van der Waals surface area contributed by atoms with Crippen LogP contribution in [-0.2, 0) is 9.59 Å². The highest BCUT2D eigenvalue weighted by Gasteiger charge is 2.78. The number of halogens is 1. The minimum absolute atomic E-state index is 0.0409. The highest BCUT2D eigenvalue weighted by Crippen LogP contribution is 2.81. The molecule has 10 aliphatic rings. The number of ketones is 2. The summed E-state index contributed by atoms with van der Waals surface area (Å²) in [5.41, 5.74) is -0.132. The van der Waals surface area contributed by atoms with Crippen LogP contribution in [0.5, 0.6) is 0 Å². The van der Waals surface area contributed by atoms with Crippen molar-refractivity contribution in [3.8, 4) is 0 Å². The molecule has 274 valence electrons. The van der Waals surface area contributed by atoms with Crippen LogP contribution in [0.1, 0.15) is 150 Å². The molecule has 0 aromatic rings. The van der Waals surface area contributed by atoms with Crippen LogP contribution >= 0.6 is 15.9 Å². The van der Waals surface area contributed by atoms with E-state index in [2.05, 4.69) is 29.8 Å². The second-order valence-electron chi connectivity index (χ2n) is 21.6. The van der Waals surface area contributed by atoms with Gasteiger partial charge in [0.1, 0.15) is 11.6 Å². The van der Waals surface area contributed by atoms with Crippen molar-refractivity contribution in [3.63, 3.8) is 0 Å². The van der Waals surface area contributed by atoms with Gasteiger partial charge >= 0.3 is 0 Å². The Morgan fingerprint density at radius 1 is 0.571 bits per heavy atom. The average Bonchev–Trinajstić information content (AvgIpc) is 3.93. The van der Waals surface area contributed by atoms with Gasteiger partial charge < -0.3 is 10.2 Å². The molecular formula is C44H67BrO4. The molecule has 0 aliphatic heterocycles. The lowest BCUT2D eigenvalue weighted by atomic mass is 9.47. The van der Waals surface area contributed by atoms with Gasteiger partial charge in [-0.2, -0.15) is 0 Å². The Kier molecular flexibility index (Phi) is 7.85. The lowest BCUT2D eigenvalue weighted by molar-refractivity contribution is -0.136. The summed E-state index contributed by atoms with van der Waals surface area (Å²) in [6.07, 6.45) is 22.2. The van der Waals surface area contributed by atoms with Gasteiger partial charge in [-0.25, -0.2) is 0 Å². The number of fused-ring (bicyclic) bond motifs is 14. The van der Waals surface area contributed by atoms with Gasteiger partial charge in [0.05, 0.1) is 16.5 Å². The molecular weight excluding hydrogens is 672 g/mol. The highest BCUT2D eigenvalue weighted by molar-refractivity contribution is 9.09. The number of Topliss-reactive ketones (excluding diaryl/α,β-unsaturated/α-hetero) is 2. The van der Waals surface area contributed by atoms with E-state index in [1.807, 2.05) is 20.8 Å². The maximum absolute atomic E-state index is 12.8. The predicted molar refractivity (Wildman–Crippen MR) is 197 cm³/mol. The molecule has 10 rings (SSSR count). The van der Waals surface area contributed by atoms with E-state index in [9.17, 15) is 19.8 Å². The predicted octanol–water partition coefficient (Wildman–Crippen LogP) is 9.57. The first-order valence-electron chi connectivity index (χ1n) is 21.2. The topological polar surface area (TPSA) is 74.6 Å². The molecule has 0 unspecified atom stereocenters. The summed E-state index contributed by atoms with van der Waals surface area (Å²) in [6.45, 7) is 10.9. The van der Waals surface area contributed by atoms with E-state index in [4.69, 9.17) is 0 Å². The Balaban J connectivity index is 0.000000133. The molecule has 10 aliphatic carbocycles. The summed E-state index contributed by atoms with van der Waals surface area (Å²) >= 11 is 3.48. The molecule has 0 radical (unpaired) electrons. The van der Waals surface area contributed by atoms with Crippen LogP contribution in [0.2, 0.25) is 0 Å². The molecule has 0 spiro atoms. The van der Waals surface area contributed by atoms with Crippen molar-refractivity contribution in [2.24, 2.45) is 92.7 Å². The van der Waals surface area contributed by atoms with Crippen molar-refractivity contribution in [1.29, 1.82) is 0 Å². The number of rotatable bonds is 3. The maximum atomic E-state index is 12.8. The van der Waals surface area contributed by atoms with E-state index < -0.39 is 11.2 Å². The lowest BCUT2D eigenvalue weighted by Crippen LogP contribution is -2.52. The summed E-state index contributed by atoms with van der Waals surface area (Å²) < 4.78 is 0. The van der Waals surface area contributed by atoms with Crippen molar-refractivity contribution in [2.75, 3.05) is 5.33 Å². The summed E-state index contributed by atoms with van der Waals surface area (Å²) in [4.78, 5) is 25.3. The molecule has 4 nitrogen and oxygen atoms in total. The van der Waals surface area contributed by atoms with Crippen molar-refractivity contribution in [3.05, 3.63) is 0 Å². The maximum Gasteiger partial charge on any atom is 0.150 e. The molecule has 5 heteroatoms. The zero-order valence-electron chi connectivity index (χ0n) is 31.5. The minimum Gasteiger partial charge on any atom is -0.390 e. The van der Waals surface area contributed by atoms with Gasteiger partial charge in [-0.05, 0) is 218 Å². The molecule has 2 N–H and O–H groups in total. The monoisotopic (exact) mass is 738 g/mol. The van der Waals surface area contributed by atoms with Crippen molar-refractivity contribution in [2.45, 2.75) is 161 Å². The summed E-state index contributed by atoms with van der Waals surface area (Å²) in [5.74, 6) is 10.7. The summed E-state index contributed by atoms with van der Waals surface area (Å²) in [5, 5.41) is 21.6. The van der Waals surface area contributed by atoms with E-state index in [0.29, 0.717) is 34.1 Å². The Bertz CT molecular complexity index is 1390. The second kappa shape index (κ2) is 11.1. The van der Waals surface area contributed by atoms with E-state index in [-0.39, 0.29) is 16.2 Å².